The highest BCUT2D eigenvalue weighted by molar-refractivity contribution is 7.82. The van der Waals surface area contributed by atoms with Crippen molar-refractivity contribution < 1.29 is 18.1 Å². The Morgan fingerprint density at radius 1 is 1.14 bits per heavy atom. The molecule has 0 spiro atoms. The van der Waals surface area contributed by atoms with Gasteiger partial charge in [0.2, 0.25) is 0 Å². The number of nitrogens with zero attached hydrogens (tertiary/aromatic N) is 1. The molecule has 156 valence electrons. The largest absolute Gasteiger partial charge is 0.489 e. The molecule has 1 heterocycles. The summed E-state index contributed by atoms with van der Waals surface area (Å²) in [6.07, 6.45) is 2.54. The molecule has 0 radical (unpaired) electrons. The van der Waals surface area contributed by atoms with E-state index < -0.39 is 22.7 Å². The normalized spacial score (nSPS) is 15.8. The molecule has 1 aliphatic heterocycles. The number of carbonyl (C=O) groups is 1. The predicted molar refractivity (Wildman–Crippen MR) is 115 cm³/mol. The number of nitrogens with one attached hydrogen (secondary N) is 1. The molecule has 1 unspecified atom stereocenters. The van der Waals surface area contributed by atoms with E-state index >= 15 is 0 Å². The number of ether oxygens (including phenoxy) is 1. The molecule has 29 heavy (non-hydrogen) atoms. The van der Waals surface area contributed by atoms with Crippen LogP contribution >= 0.6 is 34.8 Å². The Balaban J connectivity index is 1.64. The molecule has 1 saturated heterocycles. The van der Waals surface area contributed by atoms with Crippen molar-refractivity contribution in [2.75, 3.05) is 24.2 Å². The maximum absolute atomic E-state index is 14.3. The van der Waals surface area contributed by atoms with Gasteiger partial charge >= 0.3 is 0 Å². The third-order valence-electron chi connectivity index (χ3n) is 4.51. The third-order valence-corrected chi connectivity index (χ3v) is 6.01. The highest BCUT2D eigenvalue weighted by Crippen LogP contribution is 2.32. The third kappa shape index (κ3) is 5.54. The van der Waals surface area contributed by atoms with Gasteiger partial charge in [0.25, 0.3) is 5.91 Å². The topological polar surface area (TPSA) is 58.6 Å². The second-order valence-corrected chi connectivity index (χ2v) is 8.88. The molecule has 0 aliphatic carbocycles. The number of carbonyl (C=O) groups excluding carboxylic acids is 1. The summed E-state index contributed by atoms with van der Waals surface area (Å²) in [4.78, 5) is 14.0. The molecule has 0 saturated carbocycles. The summed E-state index contributed by atoms with van der Waals surface area (Å²) in [5, 5.41) is 1.12. The lowest BCUT2D eigenvalue weighted by molar-refractivity contribution is 0.0979. The van der Waals surface area contributed by atoms with Gasteiger partial charge in [-0.3, -0.25) is 9.52 Å². The van der Waals surface area contributed by atoms with Crippen LogP contribution < -0.4 is 14.4 Å². The minimum atomic E-state index is -1.61. The van der Waals surface area contributed by atoms with Crippen LogP contribution in [-0.2, 0) is 11.0 Å². The SMILES string of the molecule is CS(=O)NC(=O)c1cc(Cl)c(OC2CCN(c3ccc(Cl)c(Cl)c3)CC2)cc1F. The highest BCUT2D eigenvalue weighted by atomic mass is 35.5. The van der Waals surface area contributed by atoms with E-state index in [1.54, 1.807) is 6.07 Å². The van der Waals surface area contributed by atoms with Gasteiger partial charge in [-0.05, 0) is 24.3 Å². The van der Waals surface area contributed by atoms with Crippen molar-refractivity contribution in [2.24, 2.45) is 0 Å². The summed E-state index contributed by atoms with van der Waals surface area (Å²) in [7, 11) is -1.61. The van der Waals surface area contributed by atoms with E-state index in [4.69, 9.17) is 39.5 Å². The lowest BCUT2D eigenvalue weighted by Crippen LogP contribution is -2.38. The van der Waals surface area contributed by atoms with Crippen molar-refractivity contribution in [3.63, 3.8) is 0 Å². The smallest absolute Gasteiger partial charge is 0.265 e. The maximum Gasteiger partial charge on any atom is 0.265 e. The summed E-state index contributed by atoms with van der Waals surface area (Å²) >= 11 is 18.2. The van der Waals surface area contributed by atoms with Crippen LogP contribution in [0.2, 0.25) is 15.1 Å². The quantitative estimate of drug-likeness (QED) is 0.665. The molecule has 3 rings (SSSR count). The van der Waals surface area contributed by atoms with Gasteiger partial charge in [-0.2, -0.15) is 0 Å². The second kappa shape index (κ2) is 9.51. The fourth-order valence-corrected chi connectivity index (χ4v) is 3.94. The van der Waals surface area contributed by atoms with Crippen molar-refractivity contribution in [1.29, 1.82) is 0 Å². The highest BCUT2D eigenvalue weighted by Gasteiger charge is 2.23. The molecule has 1 aliphatic rings. The molecular weight excluding hydrogens is 462 g/mol. The fraction of sp³-hybridized carbons (Fsp3) is 0.316. The maximum atomic E-state index is 14.3. The van der Waals surface area contributed by atoms with E-state index in [0.717, 1.165) is 24.8 Å². The Hall–Kier alpha value is -1.54. The second-order valence-electron chi connectivity index (χ2n) is 6.55. The Kier molecular flexibility index (Phi) is 7.27. The molecule has 2 aromatic rings. The number of halogens is 4. The van der Waals surface area contributed by atoms with Gasteiger partial charge in [0, 0.05) is 43.9 Å². The fourth-order valence-electron chi connectivity index (χ4n) is 3.07. The van der Waals surface area contributed by atoms with E-state index in [-0.39, 0.29) is 22.4 Å². The van der Waals surface area contributed by atoms with E-state index in [1.165, 1.54) is 12.3 Å². The molecule has 0 bridgehead atoms. The van der Waals surface area contributed by atoms with E-state index in [0.29, 0.717) is 22.9 Å². The summed E-state index contributed by atoms with van der Waals surface area (Å²) in [6.45, 7) is 1.46. The number of hydrogen-bond acceptors (Lipinski definition) is 4. The minimum absolute atomic E-state index is 0.116. The molecule has 10 heteroatoms. The molecule has 2 aromatic carbocycles. The molecule has 1 fully saturated rings. The lowest BCUT2D eigenvalue weighted by Gasteiger charge is -2.34. The average molecular weight is 480 g/mol. The Bertz CT molecular complexity index is 953. The van der Waals surface area contributed by atoms with Crippen molar-refractivity contribution in [3.05, 3.63) is 56.8 Å². The molecule has 1 amide bonds. The van der Waals surface area contributed by atoms with Gasteiger partial charge in [0.15, 0.2) is 0 Å². The van der Waals surface area contributed by atoms with Gasteiger partial charge in [0.05, 0.1) is 20.6 Å². The minimum Gasteiger partial charge on any atom is -0.489 e. The molecule has 0 aromatic heterocycles. The first-order valence-electron chi connectivity index (χ1n) is 8.74. The van der Waals surface area contributed by atoms with Crippen molar-refractivity contribution in [1.82, 2.24) is 4.72 Å². The van der Waals surface area contributed by atoms with Crippen LogP contribution in [0.3, 0.4) is 0 Å². The van der Waals surface area contributed by atoms with Gasteiger partial charge in [-0.1, -0.05) is 34.8 Å². The first kappa shape index (κ1) is 22.2. The number of piperidine rings is 1. The zero-order valence-corrected chi connectivity index (χ0v) is 18.5. The summed E-state index contributed by atoms with van der Waals surface area (Å²) in [6, 6.07) is 7.76. The van der Waals surface area contributed by atoms with Crippen LogP contribution in [0.1, 0.15) is 23.2 Å². The van der Waals surface area contributed by atoms with Gasteiger partial charge in [-0.25, -0.2) is 8.60 Å². The Morgan fingerprint density at radius 3 is 2.45 bits per heavy atom. The van der Waals surface area contributed by atoms with Crippen LogP contribution in [0.25, 0.3) is 0 Å². The van der Waals surface area contributed by atoms with Gasteiger partial charge < -0.3 is 9.64 Å². The number of benzene rings is 2. The van der Waals surface area contributed by atoms with Crippen LogP contribution in [-0.4, -0.2) is 35.6 Å². The number of rotatable bonds is 5. The molecule has 5 nitrogen and oxygen atoms in total. The van der Waals surface area contributed by atoms with E-state index in [2.05, 4.69) is 9.62 Å². The van der Waals surface area contributed by atoms with E-state index in [1.807, 2.05) is 12.1 Å². The summed E-state index contributed by atoms with van der Waals surface area (Å²) in [5.41, 5.74) is 0.692. The standard InChI is InChI=1S/C19H18Cl3FN2O3S/c1-29(27)24-19(26)13-9-16(22)18(10-17(13)23)28-12-4-6-25(7-5-12)11-2-3-14(20)15(21)8-11/h2-3,8-10,12H,4-7H2,1H3,(H,24,26). The number of anilines is 1. The van der Waals surface area contributed by atoms with Crippen molar-refractivity contribution >= 4 is 57.4 Å². The predicted octanol–water partition coefficient (Wildman–Crippen LogP) is 4.86. The van der Waals surface area contributed by atoms with Crippen LogP contribution in [0.4, 0.5) is 10.1 Å². The van der Waals surface area contributed by atoms with E-state index in [9.17, 15) is 13.4 Å². The molecule has 1 N–H and O–H groups in total. The average Bonchev–Trinajstić information content (AvgIpc) is 2.66. The monoisotopic (exact) mass is 478 g/mol. The van der Waals surface area contributed by atoms with Crippen LogP contribution in [0.5, 0.6) is 5.75 Å². The first-order chi connectivity index (χ1) is 13.7. The first-order valence-corrected chi connectivity index (χ1v) is 11.4. The Morgan fingerprint density at radius 2 is 1.83 bits per heavy atom. The Labute approximate surface area is 185 Å². The van der Waals surface area contributed by atoms with Crippen molar-refractivity contribution in [2.45, 2.75) is 18.9 Å². The van der Waals surface area contributed by atoms with Crippen LogP contribution in [0.15, 0.2) is 30.3 Å². The van der Waals surface area contributed by atoms with Gasteiger partial charge in [-0.15, -0.1) is 0 Å². The van der Waals surface area contributed by atoms with Crippen molar-refractivity contribution in [3.8, 4) is 5.75 Å². The zero-order valence-electron chi connectivity index (χ0n) is 15.4. The zero-order chi connectivity index (χ0) is 21.1. The number of amides is 1. The number of hydrogen-bond donors (Lipinski definition) is 1. The van der Waals surface area contributed by atoms with Crippen LogP contribution in [0, 0.1) is 5.82 Å². The van der Waals surface area contributed by atoms with Gasteiger partial charge in [0.1, 0.15) is 28.7 Å². The molecule has 1 atom stereocenters. The lowest BCUT2D eigenvalue weighted by atomic mass is 10.1. The molecular formula is C19H18Cl3FN2O3S. The summed E-state index contributed by atoms with van der Waals surface area (Å²) in [5.74, 6) is -1.42. The summed E-state index contributed by atoms with van der Waals surface area (Å²) < 4.78 is 33.4.